The Labute approximate surface area is 107 Å². The molecule has 0 N–H and O–H groups in total. The molecule has 0 aromatic carbocycles. The van der Waals surface area contributed by atoms with Crippen LogP contribution >= 0.6 is 0 Å². The van der Waals surface area contributed by atoms with Gasteiger partial charge in [0.05, 0.1) is 0 Å². The Morgan fingerprint density at radius 1 is 1.24 bits per heavy atom. The van der Waals surface area contributed by atoms with Crippen molar-refractivity contribution in [2.45, 2.75) is 25.8 Å². The van der Waals surface area contributed by atoms with Crippen LogP contribution in [0.5, 0.6) is 0 Å². The van der Waals surface area contributed by atoms with Crippen LogP contribution in [0.1, 0.15) is 19.8 Å². The fraction of sp³-hybridized carbons (Fsp3) is 0.700. The Balaban J connectivity index is 4.10. The largest absolute Gasteiger partial charge is 0.526 e. The lowest BCUT2D eigenvalue weighted by molar-refractivity contribution is -0.129. The first-order valence-electron chi connectivity index (χ1n) is 5.45. The first-order valence-corrected chi connectivity index (χ1v) is 8.20. The second-order valence-electron chi connectivity index (χ2n) is 3.57. The Hall–Kier alpha value is -0.476. The third-order valence-electron chi connectivity index (χ3n) is 2.58. The van der Waals surface area contributed by atoms with Crippen molar-refractivity contribution in [3.8, 4) is 0 Å². The lowest BCUT2D eigenvalue weighted by atomic mass is 10.2. The van der Waals surface area contributed by atoms with E-state index in [0.717, 1.165) is 18.9 Å². The van der Waals surface area contributed by atoms with Gasteiger partial charge in [-0.05, 0) is 19.8 Å². The Bertz CT molecular complexity index is 255. The van der Waals surface area contributed by atoms with Gasteiger partial charge in [0, 0.05) is 32.9 Å². The van der Waals surface area contributed by atoms with E-state index in [-0.39, 0.29) is 5.97 Å². The van der Waals surface area contributed by atoms with Crippen molar-refractivity contribution >= 4 is 25.3 Å². The van der Waals surface area contributed by atoms with Gasteiger partial charge in [-0.3, -0.25) is 0 Å². The quantitative estimate of drug-likeness (QED) is 0.366. The molecule has 0 heterocycles. The first kappa shape index (κ1) is 16.5. The normalized spacial score (nSPS) is 12.8. The minimum absolute atomic E-state index is 0.231. The molecule has 0 spiro atoms. The fourth-order valence-corrected chi connectivity index (χ4v) is 3.51. The maximum atomic E-state index is 11.2. The van der Waals surface area contributed by atoms with E-state index in [9.17, 15) is 4.79 Å². The lowest BCUT2D eigenvalue weighted by Crippen LogP contribution is -2.42. The minimum atomic E-state index is -2.46. The summed E-state index contributed by atoms with van der Waals surface area (Å²) in [6.45, 7) is 1.76. The summed E-state index contributed by atoms with van der Waals surface area (Å²) in [5, 5.41) is 0. The number of hydrogen-bond acceptors (Lipinski definition) is 5. The van der Waals surface area contributed by atoms with Crippen LogP contribution in [0.4, 0.5) is 0 Å². The average molecular weight is 278 g/mol. The number of allylic oxidation sites excluding steroid dienone is 1. The van der Waals surface area contributed by atoms with Crippen LogP contribution in [0.3, 0.4) is 0 Å². The van der Waals surface area contributed by atoms with E-state index in [4.69, 9.17) is 17.7 Å². The van der Waals surface area contributed by atoms with Gasteiger partial charge in [-0.25, -0.2) is 4.79 Å². The predicted molar refractivity (Wildman–Crippen MR) is 70.6 cm³/mol. The highest BCUT2D eigenvalue weighted by molar-refractivity contribution is 6.60. The first-order chi connectivity index (χ1) is 8.05. The monoisotopic (exact) mass is 278 g/mol. The molecule has 0 aliphatic heterocycles. The summed E-state index contributed by atoms with van der Waals surface area (Å²) in [4.78, 5) is 11.2. The molecule has 0 radical (unpaired) electrons. The molecule has 0 rings (SSSR count). The smallest absolute Gasteiger partial charge is 0.500 e. The molecule has 7 heteroatoms. The van der Waals surface area contributed by atoms with Crippen molar-refractivity contribution in [3.63, 3.8) is 0 Å². The molecule has 0 atom stereocenters. The molecule has 0 unspecified atom stereocenters. The standard InChI is InChI=1S/C10H22O5Si2/c1-9(10(11)15-16)7-5-6-8-17(12-2,13-3)14-4/h7H,5-6,8H2,1-4,16H3. The molecular formula is C10H22O5Si2. The number of unbranched alkanes of at least 4 members (excludes halogenated alkanes) is 1. The van der Waals surface area contributed by atoms with Gasteiger partial charge in [0.2, 0.25) is 10.5 Å². The molecule has 0 aliphatic carbocycles. The Morgan fingerprint density at radius 2 is 1.76 bits per heavy atom. The molecule has 0 amide bonds. The summed E-state index contributed by atoms with van der Waals surface area (Å²) in [5.41, 5.74) is 0.652. The highest BCUT2D eigenvalue weighted by Crippen LogP contribution is 2.16. The van der Waals surface area contributed by atoms with Crippen LogP contribution in [-0.2, 0) is 22.5 Å². The molecule has 0 aliphatic rings. The van der Waals surface area contributed by atoms with E-state index >= 15 is 0 Å². The van der Waals surface area contributed by atoms with Gasteiger partial charge in [0.1, 0.15) is 0 Å². The van der Waals surface area contributed by atoms with E-state index in [2.05, 4.69) is 0 Å². The van der Waals surface area contributed by atoms with E-state index < -0.39 is 8.80 Å². The molecular weight excluding hydrogens is 256 g/mol. The van der Waals surface area contributed by atoms with Crippen LogP contribution in [0, 0.1) is 0 Å². The molecule has 5 nitrogen and oxygen atoms in total. The van der Waals surface area contributed by atoms with Crippen molar-refractivity contribution in [2.24, 2.45) is 0 Å². The van der Waals surface area contributed by atoms with Crippen molar-refractivity contribution in [1.82, 2.24) is 0 Å². The average Bonchev–Trinajstić information content (AvgIpc) is 2.38. The summed E-state index contributed by atoms with van der Waals surface area (Å²) in [6, 6.07) is 0.732. The number of hydrogen-bond donors (Lipinski definition) is 0. The highest BCUT2D eigenvalue weighted by Gasteiger charge is 2.36. The number of carbonyl (C=O) groups excluding carboxylic acids is 1. The van der Waals surface area contributed by atoms with Gasteiger partial charge in [-0.15, -0.1) is 0 Å². The second-order valence-corrected chi connectivity index (χ2v) is 7.07. The summed E-state index contributed by atoms with van der Waals surface area (Å²) in [6.07, 6.45) is 3.52. The second kappa shape index (κ2) is 8.59. The zero-order valence-electron chi connectivity index (χ0n) is 11.2. The number of rotatable bonds is 8. The van der Waals surface area contributed by atoms with E-state index in [1.807, 2.05) is 6.08 Å². The molecule has 0 aromatic heterocycles. The van der Waals surface area contributed by atoms with Gasteiger partial charge in [0.25, 0.3) is 0 Å². The van der Waals surface area contributed by atoms with Crippen molar-refractivity contribution in [2.75, 3.05) is 21.3 Å². The Morgan fingerprint density at radius 3 is 2.18 bits per heavy atom. The summed E-state index contributed by atoms with van der Waals surface area (Å²) in [5.74, 6) is -0.231. The predicted octanol–water partition coefficient (Wildman–Crippen LogP) is 0.415. The highest BCUT2D eigenvalue weighted by atomic mass is 28.4. The summed E-state index contributed by atoms with van der Waals surface area (Å²) in [7, 11) is 2.76. The van der Waals surface area contributed by atoms with Gasteiger partial charge in [-0.2, -0.15) is 0 Å². The molecule has 0 bridgehead atoms. The zero-order chi connectivity index (χ0) is 13.3. The molecule has 0 saturated carbocycles. The number of carbonyl (C=O) groups is 1. The van der Waals surface area contributed by atoms with Gasteiger partial charge < -0.3 is 17.7 Å². The topological polar surface area (TPSA) is 54.0 Å². The third kappa shape index (κ3) is 5.60. The van der Waals surface area contributed by atoms with Crippen LogP contribution in [0.2, 0.25) is 6.04 Å². The van der Waals surface area contributed by atoms with Crippen LogP contribution in [0.15, 0.2) is 11.6 Å². The van der Waals surface area contributed by atoms with Gasteiger partial charge in [0.15, 0.2) is 0 Å². The Kier molecular flexibility index (Phi) is 8.35. The van der Waals surface area contributed by atoms with Crippen molar-refractivity contribution in [3.05, 3.63) is 11.6 Å². The van der Waals surface area contributed by atoms with E-state index in [0.29, 0.717) is 16.1 Å². The van der Waals surface area contributed by atoms with Crippen LogP contribution < -0.4 is 0 Å². The minimum Gasteiger partial charge on any atom is -0.526 e. The van der Waals surface area contributed by atoms with Crippen LogP contribution in [-0.4, -0.2) is 46.6 Å². The van der Waals surface area contributed by atoms with Gasteiger partial charge >= 0.3 is 14.8 Å². The fourth-order valence-electron chi connectivity index (χ4n) is 1.44. The maximum absolute atomic E-state index is 11.2. The van der Waals surface area contributed by atoms with Crippen molar-refractivity contribution in [1.29, 1.82) is 0 Å². The molecule has 17 heavy (non-hydrogen) atoms. The van der Waals surface area contributed by atoms with E-state index in [1.54, 1.807) is 28.3 Å². The maximum Gasteiger partial charge on any atom is 0.500 e. The van der Waals surface area contributed by atoms with Gasteiger partial charge in [-0.1, -0.05) is 6.08 Å². The van der Waals surface area contributed by atoms with Crippen molar-refractivity contribution < 1.29 is 22.5 Å². The zero-order valence-corrected chi connectivity index (χ0v) is 14.2. The molecule has 0 aromatic rings. The summed E-state index contributed by atoms with van der Waals surface area (Å²) < 4.78 is 20.6. The van der Waals surface area contributed by atoms with Crippen LogP contribution in [0.25, 0.3) is 0 Å². The molecule has 0 saturated heterocycles. The molecule has 0 fully saturated rings. The lowest BCUT2D eigenvalue weighted by Gasteiger charge is -2.23. The third-order valence-corrected chi connectivity index (χ3v) is 5.78. The SMILES string of the molecule is CO[Si](CCCC=C(C)C(=O)O[SiH3])(OC)OC. The molecule has 100 valence electrons. The summed E-state index contributed by atoms with van der Waals surface area (Å²) >= 11 is 0. The van der Waals surface area contributed by atoms with E-state index in [1.165, 1.54) is 0 Å².